The largest absolute Gasteiger partial charge is 0.363 e. The first-order valence-electron chi connectivity index (χ1n) is 6.09. The molecule has 0 radical (unpaired) electrons. The molecule has 2 rings (SSSR count). The Morgan fingerprint density at radius 1 is 1.27 bits per heavy atom. The van der Waals surface area contributed by atoms with E-state index in [4.69, 9.17) is 4.74 Å². The average Bonchev–Trinajstić information content (AvgIpc) is 2.39. The Bertz CT molecular complexity index is 284. The third-order valence-corrected chi connectivity index (χ3v) is 4.30. The number of rotatable bonds is 0. The fourth-order valence-electron chi connectivity index (χ4n) is 2.92. The fraction of sp³-hybridized carbons (Fsp3) is 0.846. The minimum atomic E-state index is 0.0776. The van der Waals surface area contributed by atoms with Gasteiger partial charge in [-0.2, -0.15) is 0 Å². The second-order valence-corrected chi connectivity index (χ2v) is 5.22. The van der Waals surface area contributed by atoms with Crippen molar-refractivity contribution in [3.05, 3.63) is 11.1 Å². The van der Waals surface area contributed by atoms with Crippen molar-refractivity contribution >= 4 is 0 Å². The highest BCUT2D eigenvalue weighted by molar-refractivity contribution is 5.29. The second kappa shape index (κ2) is 3.91. The lowest BCUT2D eigenvalue weighted by molar-refractivity contribution is -0.0329. The van der Waals surface area contributed by atoms with Crippen molar-refractivity contribution in [1.29, 1.82) is 0 Å². The lowest BCUT2D eigenvalue weighted by atomic mass is 9.86. The first-order chi connectivity index (χ1) is 7.05. The van der Waals surface area contributed by atoms with Gasteiger partial charge in [0.15, 0.2) is 0 Å². The molecule has 2 nitrogen and oxygen atoms in total. The summed E-state index contributed by atoms with van der Waals surface area (Å²) < 4.78 is 6.24. The highest BCUT2D eigenvalue weighted by Gasteiger charge is 2.42. The minimum absolute atomic E-state index is 0.0776. The number of hydrogen-bond donors (Lipinski definition) is 0. The molecule has 0 aromatic carbocycles. The molecule has 0 N–H and O–H groups in total. The molecule has 0 amide bonds. The Hall–Kier alpha value is -0.340. The summed E-state index contributed by atoms with van der Waals surface area (Å²) in [4.78, 5) is 2.42. The van der Waals surface area contributed by atoms with Crippen LogP contribution in [-0.2, 0) is 4.74 Å². The maximum absolute atomic E-state index is 6.24. The van der Waals surface area contributed by atoms with Gasteiger partial charge in [0.1, 0.15) is 0 Å². The van der Waals surface area contributed by atoms with Crippen molar-refractivity contribution in [2.75, 3.05) is 20.1 Å². The quantitative estimate of drug-likeness (QED) is 0.569. The van der Waals surface area contributed by atoms with Crippen LogP contribution in [0.3, 0.4) is 0 Å². The molecule has 2 heterocycles. The fourth-order valence-corrected chi connectivity index (χ4v) is 2.92. The third-order valence-electron chi connectivity index (χ3n) is 4.30. The summed E-state index contributed by atoms with van der Waals surface area (Å²) in [5.41, 5.74) is 3.04. The van der Waals surface area contributed by atoms with Crippen LogP contribution in [0.25, 0.3) is 0 Å². The van der Waals surface area contributed by atoms with Crippen LogP contribution in [0, 0.1) is 0 Å². The summed E-state index contributed by atoms with van der Waals surface area (Å²) in [6.07, 6.45) is 3.95. The Labute approximate surface area is 93.3 Å². The predicted molar refractivity (Wildman–Crippen MR) is 63.0 cm³/mol. The molecule has 0 unspecified atom stereocenters. The molecule has 2 aliphatic rings. The molecule has 2 atom stereocenters. The third kappa shape index (κ3) is 1.85. The molecule has 15 heavy (non-hydrogen) atoms. The zero-order chi connectivity index (χ0) is 11.1. The number of ether oxygens (including phenoxy) is 1. The molecular weight excluding hydrogens is 186 g/mol. The lowest BCUT2D eigenvalue weighted by Crippen LogP contribution is -2.33. The Morgan fingerprint density at radius 2 is 2.00 bits per heavy atom. The van der Waals surface area contributed by atoms with Gasteiger partial charge in [0.25, 0.3) is 0 Å². The minimum Gasteiger partial charge on any atom is -0.363 e. The van der Waals surface area contributed by atoms with Gasteiger partial charge in [-0.15, -0.1) is 0 Å². The SMILES string of the molecule is CC1=C(C)[C@]2(CCCN(C)CC2)O[C@@H]1C. The van der Waals surface area contributed by atoms with Gasteiger partial charge in [-0.05, 0) is 64.8 Å². The molecule has 1 saturated heterocycles. The second-order valence-electron chi connectivity index (χ2n) is 5.22. The van der Waals surface area contributed by atoms with Gasteiger partial charge < -0.3 is 9.64 Å². The maximum Gasteiger partial charge on any atom is 0.0913 e. The first kappa shape index (κ1) is 11.2. The molecule has 0 aliphatic carbocycles. The molecule has 0 saturated carbocycles. The lowest BCUT2D eigenvalue weighted by Gasteiger charge is -2.30. The van der Waals surface area contributed by atoms with E-state index in [2.05, 4.69) is 32.7 Å². The number of likely N-dealkylation sites (tertiary alicyclic amines) is 1. The molecule has 1 spiro atoms. The Kier molecular flexibility index (Phi) is 2.91. The highest BCUT2D eigenvalue weighted by Crippen LogP contribution is 2.42. The summed E-state index contributed by atoms with van der Waals surface area (Å²) in [5, 5.41) is 0. The molecule has 0 aromatic rings. The summed E-state index contributed by atoms with van der Waals surface area (Å²) in [6.45, 7) is 9.05. The van der Waals surface area contributed by atoms with Gasteiger partial charge in [0, 0.05) is 6.54 Å². The van der Waals surface area contributed by atoms with E-state index in [0.29, 0.717) is 6.10 Å². The number of nitrogens with zero attached hydrogens (tertiary/aromatic N) is 1. The van der Waals surface area contributed by atoms with Crippen LogP contribution in [0.5, 0.6) is 0 Å². The first-order valence-corrected chi connectivity index (χ1v) is 6.09. The normalized spacial score (nSPS) is 38.8. The van der Waals surface area contributed by atoms with Crippen LogP contribution in [-0.4, -0.2) is 36.7 Å². The molecule has 2 aliphatic heterocycles. The molecule has 0 aromatic heterocycles. The number of hydrogen-bond acceptors (Lipinski definition) is 2. The van der Waals surface area contributed by atoms with E-state index in [9.17, 15) is 0 Å². The van der Waals surface area contributed by atoms with E-state index in [0.717, 1.165) is 13.0 Å². The van der Waals surface area contributed by atoms with Crippen molar-refractivity contribution in [2.24, 2.45) is 0 Å². The van der Waals surface area contributed by atoms with Crippen LogP contribution in [0.4, 0.5) is 0 Å². The van der Waals surface area contributed by atoms with Gasteiger partial charge >= 0.3 is 0 Å². The molecule has 2 heteroatoms. The van der Waals surface area contributed by atoms with Gasteiger partial charge in [-0.1, -0.05) is 0 Å². The molecule has 86 valence electrons. The van der Waals surface area contributed by atoms with E-state index in [1.54, 1.807) is 0 Å². The van der Waals surface area contributed by atoms with E-state index in [1.807, 2.05) is 0 Å². The van der Waals surface area contributed by atoms with Crippen LogP contribution in [0.15, 0.2) is 11.1 Å². The van der Waals surface area contributed by atoms with E-state index in [1.165, 1.54) is 30.5 Å². The topological polar surface area (TPSA) is 12.5 Å². The summed E-state index contributed by atoms with van der Waals surface area (Å²) in [7, 11) is 2.21. The van der Waals surface area contributed by atoms with Gasteiger partial charge in [-0.25, -0.2) is 0 Å². The monoisotopic (exact) mass is 209 g/mol. The zero-order valence-electron chi connectivity index (χ0n) is 10.5. The van der Waals surface area contributed by atoms with Crippen molar-refractivity contribution in [3.8, 4) is 0 Å². The molecule has 1 fully saturated rings. The summed E-state index contributed by atoms with van der Waals surface area (Å²) >= 11 is 0. The Balaban J connectivity index is 2.21. The van der Waals surface area contributed by atoms with Gasteiger partial charge in [-0.3, -0.25) is 0 Å². The predicted octanol–water partition coefficient (Wildman–Crippen LogP) is 2.60. The molecular formula is C13H23NO. The van der Waals surface area contributed by atoms with Crippen LogP contribution >= 0.6 is 0 Å². The van der Waals surface area contributed by atoms with Crippen molar-refractivity contribution in [3.63, 3.8) is 0 Å². The van der Waals surface area contributed by atoms with E-state index in [-0.39, 0.29) is 5.60 Å². The molecule has 0 bridgehead atoms. The van der Waals surface area contributed by atoms with Gasteiger partial charge in [0.05, 0.1) is 11.7 Å². The van der Waals surface area contributed by atoms with Crippen molar-refractivity contribution in [2.45, 2.75) is 51.7 Å². The zero-order valence-corrected chi connectivity index (χ0v) is 10.5. The van der Waals surface area contributed by atoms with E-state index < -0.39 is 0 Å². The van der Waals surface area contributed by atoms with Crippen LogP contribution in [0.1, 0.15) is 40.0 Å². The van der Waals surface area contributed by atoms with Crippen LogP contribution in [0.2, 0.25) is 0 Å². The van der Waals surface area contributed by atoms with Gasteiger partial charge in [0.2, 0.25) is 0 Å². The smallest absolute Gasteiger partial charge is 0.0913 e. The Morgan fingerprint density at radius 3 is 2.60 bits per heavy atom. The van der Waals surface area contributed by atoms with E-state index >= 15 is 0 Å². The highest BCUT2D eigenvalue weighted by atomic mass is 16.5. The summed E-state index contributed by atoms with van der Waals surface area (Å²) in [6, 6.07) is 0. The standard InChI is InChI=1S/C13H23NO/c1-10-11(2)13(15-12(10)3)6-5-8-14(4)9-7-13/h12H,5-9H2,1-4H3/t12-,13-/m1/s1. The van der Waals surface area contributed by atoms with Crippen molar-refractivity contribution in [1.82, 2.24) is 4.90 Å². The summed E-state index contributed by atoms with van der Waals surface area (Å²) in [5.74, 6) is 0. The van der Waals surface area contributed by atoms with Crippen LogP contribution < -0.4 is 0 Å². The maximum atomic E-state index is 6.24. The van der Waals surface area contributed by atoms with Crippen molar-refractivity contribution < 1.29 is 4.74 Å². The average molecular weight is 209 g/mol.